The molecule has 0 radical (unpaired) electrons. The fourth-order valence-electron chi connectivity index (χ4n) is 2.06. The maximum atomic E-state index is 12.1. The Morgan fingerprint density at radius 1 is 1.30 bits per heavy atom. The monoisotopic (exact) mass is 332 g/mol. The molecule has 0 aliphatic carbocycles. The lowest BCUT2D eigenvalue weighted by atomic mass is 10.2. The minimum Gasteiger partial charge on any atom is -0.394 e. The van der Waals surface area contributed by atoms with Crippen LogP contribution in [0.2, 0.25) is 0 Å². The molecular formula is C15H16N4O3S. The molecule has 0 saturated heterocycles. The molecule has 0 amide bonds. The van der Waals surface area contributed by atoms with Crippen LogP contribution in [0.25, 0.3) is 11.2 Å². The highest BCUT2D eigenvalue weighted by Crippen LogP contribution is 2.15. The fraction of sp³-hybridized carbons (Fsp3) is 0.267. The Morgan fingerprint density at radius 2 is 2.13 bits per heavy atom. The van der Waals surface area contributed by atoms with Gasteiger partial charge in [-0.2, -0.15) is 0 Å². The number of ether oxygens (including phenoxy) is 1. The average molecular weight is 332 g/mol. The summed E-state index contributed by atoms with van der Waals surface area (Å²) in [4.78, 5) is 20.7. The molecule has 0 aliphatic rings. The molecule has 120 valence electrons. The Morgan fingerprint density at radius 3 is 2.91 bits per heavy atom. The second kappa shape index (κ2) is 7.32. The van der Waals surface area contributed by atoms with E-state index in [4.69, 9.17) is 9.84 Å². The number of anilines is 1. The molecule has 7 nitrogen and oxygen atoms in total. The van der Waals surface area contributed by atoms with Gasteiger partial charge in [0.15, 0.2) is 16.3 Å². The lowest BCUT2D eigenvalue weighted by Gasteiger charge is -2.06. The van der Waals surface area contributed by atoms with Crippen LogP contribution in [0, 0.1) is 0 Å². The molecule has 0 spiro atoms. The first kappa shape index (κ1) is 15.6. The van der Waals surface area contributed by atoms with Gasteiger partial charge in [-0.05, 0) is 5.56 Å². The van der Waals surface area contributed by atoms with E-state index in [-0.39, 0.29) is 24.7 Å². The number of aliphatic hydroxyl groups excluding tert-OH is 1. The van der Waals surface area contributed by atoms with Crippen molar-refractivity contribution >= 4 is 27.6 Å². The van der Waals surface area contributed by atoms with E-state index in [0.29, 0.717) is 22.8 Å². The summed E-state index contributed by atoms with van der Waals surface area (Å²) in [5, 5.41) is 12.5. The maximum Gasteiger partial charge on any atom is 0.265 e. The van der Waals surface area contributed by atoms with Crippen molar-refractivity contribution in [2.45, 2.75) is 13.3 Å². The Balaban J connectivity index is 1.81. The van der Waals surface area contributed by atoms with Crippen molar-refractivity contribution < 1.29 is 9.84 Å². The topological polar surface area (TPSA) is 89.3 Å². The minimum atomic E-state index is -0.147. The molecule has 0 saturated carbocycles. The predicted octanol–water partition coefficient (Wildman–Crippen LogP) is 1.43. The van der Waals surface area contributed by atoms with Gasteiger partial charge < -0.3 is 15.2 Å². The summed E-state index contributed by atoms with van der Waals surface area (Å²) in [7, 11) is 0. The molecule has 3 aromatic rings. The molecule has 0 atom stereocenters. The van der Waals surface area contributed by atoms with E-state index in [0.717, 1.165) is 16.9 Å². The van der Waals surface area contributed by atoms with E-state index in [1.807, 2.05) is 30.3 Å². The van der Waals surface area contributed by atoms with Crippen molar-refractivity contribution in [3.63, 3.8) is 0 Å². The molecule has 2 aromatic heterocycles. The zero-order valence-corrected chi connectivity index (χ0v) is 13.1. The maximum absolute atomic E-state index is 12.1. The van der Waals surface area contributed by atoms with E-state index in [1.54, 1.807) is 4.57 Å². The zero-order valence-electron chi connectivity index (χ0n) is 12.3. The summed E-state index contributed by atoms with van der Waals surface area (Å²) in [5.74, 6) is 0. The van der Waals surface area contributed by atoms with Crippen LogP contribution in [0.15, 0.2) is 41.5 Å². The summed E-state index contributed by atoms with van der Waals surface area (Å²) >= 11 is 1.03. The number of aliphatic hydroxyl groups is 1. The van der Waals surface area contributed by atoms with Gasteiger partial charge in [0.2, 0.25) is 0 Å². The third-order valence-electron chi connectivity index (χ3n) is 3.15. The number of hydrogen-bond donors (Lipinski definition) is 2. The number of hydrogen-bond acceptors (Lipinski definition) is 7. The SMILES string of the molecule is O=c1sc(NCc2ccccc2)nc2c1ncn2COCCO. The van der Waals surface area contributed by atoms with Gasteiger partial charge in [-0.25, -0.2) is 9.97 Å². The number of aromatic nitrogens is 3. The standard InChI is InChI=1S/C15H16N4O3S/c20-6-7-22-10-19-9-17-12-13(19)18-15(23-14(12)21)16-8-11-4-2-1-3-5-11/h1-5,9,20H,6-8,10H2,(H,16,18). The number of rotatable bonds is 7. The van der Waals surface area contributed by atoms with Crippen LogP contribution in [-0.2, 0) is 18.0 Å². The van der Waals surface area contributed by atoms with Crippen LogP contribution in [0.1, 0.15) is 5.56 Å². The molecule has 0 fully saturated rings. The summed E-state index contributed by atoms with van der Waals surface area (Å²) in [6.45, 7) is 0.942. The zero-order chi connectivity index (χ0) is 16.1. The van der Waals surface area contributed by atoms with E-state index >= 15 is 0 Å². The largest absolute Gasteiger partial charge is 0.394 e. The van der Waals surface area contributed by atoms with E-state index in [9.17, 15) is 4.79 Å². The van der Waals surface area contributed by atoms with Gasteiger partial charge in [0.25, 0.3) is 4.74 Å². The second-order valence-electron chi connectivity index (χ2n) is 4.79. The van der Waals surface area contributed by atoms with Crippen molar-refractivity contribution in [1.29, 1.82) is 0 Å². The lowest BCUT2D eigenvalue weighted by molar-refractivity contribution is 0.0499. The van der Waals surface area contributed by atoms with Gasteiger partial charge in [-0.1, -0.05) is 41.7 Å². The Labute approximate surface area is 136 Å². The van der Waals surface area contributed by atoms with Crippen molar-refractivity contribution in [3.8, 4) is 0 Å². The summed E-state index contributed by atoms with van der Waals surface area (Å²) < 4.78 is 6.76. The van der Waals surface area contributed by atoms with Crippen molar-refractivity contribution in [3.05, 3.63) is 51.8 Å². The minimum absolute atomic E-state index is 0.0567. The highest BCUT2D eigenvalue weighted by Gasteiger charge is 2.11. The normalized spacial score (nSPS) is 11.0. The summed E-state index contributed by atoms with van der Waals surface area (Å²) in [6.07, 6.45) is 1.52. The van der Waals surface area contributed by atoms with Crippen LogP contribution in [0.4, 0.5) is 5.13 Å². The Bertz CT molecular complexity index is 832. The van der Waals surface area contributed by atoms with Gasteiger partial charge in [-0.15, -0.1) is 0 Å². The van der Waals surface area contributed by atoms with Gasteiger partial charge in [0, 0.05) is 6.54 Å². The highest BCUT2D eigenvalue weighted by molar-refractivity contribution is 7.13. The molecule has 3 rings (SSSR count). The summed E-state index contributed by atoms with van der Waals surface area (Å²) in [6, 6.07) is 9.88. The number of imidazole rings is 1. The van der Waals surface area contributed by atoms with Crippen LogP contribution in [0.5, 0.6) is 0 Å². The smallest absolute Gasteiger partial charge is 0.265 e. The molecule has 2 N–H and O–H groups in total. The quantitative estimate of drug-likeness (QED) is 0.636. The molecule has 0 aliphatic heterocycles. The number of fused-ring (bicyclic) bond motifs is 1. The number of benzene rings is 1. The third-order valence-corrected chi connectivity index (χ3v) is 3.96. The number of nitrogens with zero attached hydrogens (tertiary/aromatic N) is 3. The molecule has 1 aromatic carbocycles. The molecule has 8 heteroatoms. The van der Waals surface area contributed by atoms with Gasteiger partial charge in [-0.3, -0.25) is 9.36 Å². The molecular weight excluding hydrogens is 316 g/mol. The second-order valence-corrected chi connectivity index (χ2v) is 5.75. The van der Waals surface area contributed by atoms with Crippen LogP contribution >= 0.6 is 11.3 Å². The molecule has 23 heavy (non-hydrogen) atoms. The van der Waals surface area contributed by atoms with E-state index in [1.165, 1.54) is 6.33 Å². The van der Waals surface area contributed by atoms with Gasteiger partial charge >= 0.3 is 0 Å². The van der Waals surface area contributed by atoms with Crippen molar-refractivity contribution in [2.24, 2.45) is 0 Å². The molecule has 2 heterocycles. The van der Waals surface area contributed by atoms with Crippen LogP contribution in [0.3, 0.4) is 0 Å². The first-order valence-electron chi connectivity index (χ1n) is 7.10. The van der Waals surface area contributed by atoms with E-state index < -0.39 is 0 Å². The average Bonchev–Trinajstić information content (AvgIpc) is 2.98. The summed E-state index contributed by atoms with van der Waals surface area (Å²) in [5.41, 5.74) is 1.91. The van der Waals surface area contributed by atoms with Crippen molar-refractivity contribution in [2.75, 3.05) is 18.5 Å². The van der Waals surface area contributed by atoms with Crippen LogP contribution < -0.4 is 10.1 Å². The van der Waals surface area contributed by atoms with E-state index in [2.05, 4.69) is 15.3 Å². The molecule has 0 bridgehead atoms. The fourth-order valence-corrected chi connectivity index (χ4v) is 2.76. The first-order valence-corrected chi connectivity index (χ1v) is 7.92. The Hall–Kier alpha value is -2.29. The lowest BCUT2D eigenvalue weighted by Crippen LogP contribution is -2.08. The van der Waals surface area contributed by atoms with Gasteiger partial charge in [0.1, 0.15) is 6.73 Å². The number of nitrogens with one attached hydrogen (secondary N) is 1. The molecule has 0 unspecified atom stereocenters. The Kier molecular flexibility index (Phi) is 4.96. The predicted molar refractivity (Wildman–Crippen MR) is 88.5 cm³/mol. The highest BCUT2D eigenvalue weighted by atomic mass is 32.1. The third kappa shape index (κ3) is 3.73. The van der Waals surface area contributed by atoms with Crippen molar-refractivity contribution in [1.82, 2.24) is 14.5 Å². The van der Waals surface area contributed by atoms with Gasteiger partial charge in [0.05, 0.1) is 19.5 Å². The first-order chi connectivity index (χ1) is 11.3. The van der Waals surface area contributed by atoms with Crippen LogP contribution in [-0.4, -0.2) is 32.9 Å².